The number of halogens is 1. The molecule has 1 spiro atoms. The molecule has 0 aromatic heterocycles. The molecule has 1 aromatic carbocycles. The minimum atomic E-state index is -0.115. The van der Waals surface area contributed by atoms with Crippen LogP contribution in [0.1, 0.15) is 19.3 Å². The van der Waals surface area contributed by atoms with Gasteiger partial charge in [0.25, 0.3) is 5.91 Å². The standard InChI is InChI=1S/C17H20ClNO4/c1-22-16(21)14-10-17(14)6-8-19(9-7-17)15(20)11-23-13-4-2-12(18)3-5-13/h2-5,14H,6-11H2,1H3/t14-/m1/s1. The van der Waals surface area contributed by atoms with Gasteiger partial charge in [-0.15, -0.1) is 0 Å². The number of carbonyl (C=O) groups excluding carboxylic acids is 2. The molecule has 1 aliphatic carbocycles. The summed E-state index contributed by atoms with van der Waals surface area (Å²) in [5.41, 5.74) is 0.0703. The van der Waals surface area contributed by atoms with Gasteiger partial charge >= 0.3 is 5.97 Å². The number of nitrogens with zero attached hydrogens (tertiary/aromatic N) is 1. The van der Waals surface area contributed by atoms with Crippen LogP contribution in [0.3, 0.4) is 0 Å². The van der Waals surface area contributed by atoms with E-state index in [-0.39, 0.29) is 29.8 Å². The Morgan fingerprint density at radius 1 is 1.26 bits per heavy atom. The Morgan fingerprint density at radius 3 is 2.52 bits per heavy atom. The molecule has 0 bridgehead atoms. The van der Waals surface area contributed by atoms with Crippen molar-refractivity contribution in [3.63, 3.8) is 0 Å². The van der Waals surface area contributed by atoms with Gasteiger partial charge in [0.15, 0.2) is 6.61 Å². The van der Waals surface area contributed by atoms with E-state index in [4.69, 9.17) is 21.1 Å². The lowest BCUT2D eigenvalue weighted by Gasteiger charge is -2.32. The van der Waals surface area contributed by atoms with Crippen LogP contribution in [0.25, 0.3) is 0 Å². The highest BCUT2D eigenvalue weighted by Gasteiger charge is 2.59. The SMILES string of the molecule is COC(=O)[C@H]1CC12CCN(C(=O)COc1ccc(Cl)cc1)CC2. The third-order valence-electron chi connectivity index (χ3n) is 4.96. The molecule has 2 aliphatic rings. The maximum atomic E-state index is 12.2. The second kappa shape index (κ2) is 6.40. The zero-order chi connectivity index (χ0) is 16.4. The van der Waals surface area contributed by atoms with Gasteiger partial charge in [-0.1, -0.05) is 11.6 Å². The van der Waals surface area contributed by atoms with Crippen molar-refractivity contribution >= 4 is 23.5 Å². The first-order chi connectivity index (χ1) is 11.0. The van der Waals surface area contributed by atoms with Gasteiger partial charge in [-0.25, -0.2) is 0 Å². The van der Waals surface area contributed by atoms with Crippen LogP contribution in [0.2, 0.25) is 5.02 Å². The van der Waals surface area contributed by atoms with Crippen molar-refractivity contribution < 1.29 is 19.1 Å². The lowest BCUT2D eigenvalue weighted by atomic mass is 9.91. The first-order valence-corrected chi connectivity index (χ1v) is 8.16. The molecule has 3 rings (SSSR count). The molecule has 0 radical (unpaired) electrons. The van der Waals surface area contributed by atoms with Gasteiger partial charge in [0, 0.05) is 18.1 Å². The number of benzene rings is 1. The topological polar surface area (TPSA) is 55.8 Å². The van der Waals surface area contributed by atoms with E-state index in [0.717, 1.165) is 19.3 Å². The molecule has 2 fully saturated rings. The molecule has 1 saturated heterocycles. The Balaban J connectivity index is 1.45. The monoisotopic (exact) mass is 337 g/mol. The van der Waals surface area contributed by atoms with E-state index in [1.807, 2.05) is 4.90 Å². The Bertz CT molecular complexity index is 593. The Morgan fingerprint density at radius 2 is 1.91 bits per heavy atom. The second-order valence-electron chi connectivity index (χ2n) is 6.27. The van der Waals surface area contributed by atoms with E-state index in [1.165, 1.54) is 7.11 Å². The molecule has 0 unspecified atom stereocenters. The number of carbonyl (C=O) groups is 2. The van der Waals surface area contributed by atoms with Gasteiger partial charge in [0.1, 0.15) is 5.75 Å². The van der Waals surface area contributed by atoms with Gasteiger partial charge in [-0.05, 0) is 48.9 Å². The van der Waals surface area contributed by atoms with Crippen LogP contribution in [0, 0.1) is 11.3 Å². The van der Waals surface area contributed by atoms with Crippen LogP contribution < -0.4 is 4.74 Å². The molecule has 1 aliphatic heterocycles. The number of piperidine rings is 1. The first kappa shape index (κ1) is 16.1. The lowest BCUT2D eigenvalue weighted by Crippen LogP contribution is -2.42. The lowest BCUT2D eigenvalue weighted by molar-refractivity contribution is -0.143. The van der Waals surface area contributed by atoms with Crippen LogP contribution in [-0.2, 0) is 14.3 Å². The molecule has 0 N–H and O–H groups in total. The fourth-order valence-electron chi connectivity index (χ4n) is 3.34. The van der Waals surface area contributed by atoms with Crippen LogP contribution in [0.15, 0.2) is 24.3 Å². The number of methoxy groups -OCH3 is 1. The molecule has 6 heteroatoms. The number of amides is 1. The van der Waals surface area contributed by atoms with E-state index >= 15 is 0 Å². The molecular weight excluding hydrogens is 318 g/mol. The predicted molar refractivity (Wildman–Crippen MR) is 85.3 cm³/mol. The number of hydrogen-bond donors (Lipinski definition) is 0. The van der Waals surface area contributed by atoms with Crippen molar-refractivity contribution in [3.05, 3.63) is 29.3 Å². The normalized spacial score (nSPS) is 21.8. The van der Waals surface area contributed by atoms with Crippen LogP contribution in [0.5, 0.6) is 5.75 Å². The van der Waals surface area contributed by atoms with Crippen molar-refractivity contribution in [2.45, 2.75) is 19.3 Å². The summed E-state index contributed by atoms with van der Waals surface area (Å²) in [5.74, 6) is 0.514. The number of hydrogen-bond acceptors (Lipinski definition) is 4. The zero-order valence-electron chi connectivity index (χ0n) is 13.1. The second-order valence-corrected chi connectivity index (χ2v) is 6.70. The van der Waals surface area contributed by atoms with Crippen molar-refractivity contribution in [1.29, 1.82) is 0 Å². The fourth-order valence-corrected chi connectivity index (χ4v) is 3.47. The minimum Gasteiger partial charge on any atom is -0.484 e. The summed E-state index contributed by atoms with van der Waals surface area (Å²) in [6.45, 7) is 1.38. The highest BCUT2D eigenvalue weighted by Crippen LogP contribution is 2.59. The van der Waals surface area contributed by atoms with E-state index in [2.05, 4.69) is 0 Å². The summed E-state index contributed by atoms with van der Waals surface area (Å²) in [6, 6.07) is 6.94. The molecule has 1 amide bonds. The van der Waals surface area contributed by atoms with Crippen molar-refractivity contribution in [2.24, 2.45) is 11.3 Å². The number of ether oxygens (including phenoxy) is 2. The molecule has 1 heterocycles. The van der Waals surface area contributed by atoms with Crippen molar-refractivity contribution in [3.8, 4) is 5.75 Å². The fraction of sp³-hybridized carbons (Fsp3) is 0.529. The molecule has 1 atom stereocenters. The number of rotatable bonds is 4. The van der Waals surface area contributed by atoms with Gasteiger partial charge < -0.3 is 14.4 Å². The highest BCUT2D eigenvalue weighted by atomic mass is 35.5. The maximum absolute atomic E-state index is 12.2. The average Bonchev–Trinajstić information content (AvgIpc) is 3.27. The quantitative estimate of drug-likeness (QED) is 0.792. The van der Waals surface area contributed by atoms with E-state index in [9.17, 15) is 9.59 Å². The summed E-state index contributed by atoms with van der Waals surface area (Å²) < 4.78 is 10.3. The number of likely N-dealkylation sites (tertiary alicyclic amines) is 1. The smallest absolute Gasteiger partial charge is 0.309 e. The van der Waals surface area contributed by atoms with E-state index in [1.54, 1.807) is 24.3 Å². The third kappa shape index (κ3) is 3.44. The van der Waals surface area contributed by atoms with Gasteiger partial charge in [0.2, 0.25) is 0 Å². The Labute approximate surface area is 140 Å². The third-order valence-corrected chi connectivity index (χ3v) is 5.22. The average molecular weight is 338 g/mol. The van der Waals surface area contributed by atoms with Gasteiger partial charge in [0.05, 0.1) is 13.0 Å². The summed E-state index contributed by atoms with van der Waals surface area (Å²) in [7, 11) is 1.43. The first-order valence-electron chi connectivity index (χ1n) is 7.78. The van der Waals surface area contributed by atoms with Gasteiger partial charge in [-0.3, -0.25) is 9.59 Å². The zero-order valence-corrected chi connectivity index (χ0v) is 13.8. The van der Waals surface area contributed by atoms with Crippen molar-refractivity contribution in [1.82, 2.24) is 4.90 Å². The number of esters is 1. The van der Waals surface area contributed by atoms with Crippen LogP contribution >= 0.6 is 11.6 Å². The summed E-state index contributed by atoms with van der Waals surface area (Å²) in [6.07, 6.45) is 2.61. The molecule has 124 valence electrons. The molecular formula is C17H20ClNO4. The maximum Gasteiger partial charge on any atom is 0.309 e. The summed E-state index contributed by atoms with van der Waals surface area (Å²) in [5, 5.41) is 0.634. The minimum absolute atomic E-state index is 0.0229. The molecule has 5 nitrogen and oxygen atoms in total. The summed E-state index contributed by atoms with van der Waals surface area (Å²) in [4.78, 5) is 25.7. The largest absolute Gasteiger partial charge is 0.484 e. The van der Waals surface area contributed by atoms with Gasteiger partial charge in [-0.2, -0.15) is 0 Å². The summed E-state index contributed by atoms with van der Waals surface area (Å²) >= 11 is 5.81. The predicted octanol–water partition coefficient (Wildman–Crippen LogP) is 2.52. The van der Waals surface area contributed by atoms with E-state index < -0.39 is 0 Å². The highest BCUT2D eigenvalue weighted by molar-refractivity contribution is 6.30. The Kier molecular flexibility index (Phi) is 4.48. The molecule has 1 saturated carbocycles. The van der Waals surface area contributed by atoms with Crippen LogP contribution in [-0.4, -0.2) is 43.6 Å². The molecule has 1 aromatic rings. The van der Waals surface area contributed by atoms with Crippen molar-refractivity contribution in [2.75, 3.05) is 26.8 Å². The molecule has 23 heavy (non-hydrogen) atoms. The Hall–Kier alpha value is -1.75. The van der Waals surface area contributed by atoms with Crippen LogP contribution in [0.4, 0.5) is 0 Å². The van der Waals surface area contributed by atoms with E-state index in [0.29, 0.717) is 23.9 Å².